The number of urea groups is 1. The van der Waals surface area contributed by atoms with Gasteiger partial charge in [-0.3, -0.25) is 8.97 Å². The molecule has 15 heteroatoms. The molecule has 9 nitrogen and oxygen atoms in total. The van der Waals surface area contributed by atoms with Crippen molar-refractivity contribution in [1.82, 2.24) is 34.5 Å². The van der Waals surface area contributed by atoms with Gasteiger partial charge in [0.25, 0.3) is 0 Å². The van der Waals surface area contributed by atoms with Crippen LogP contribution >= 0.6 is 0 Å². The number of rotatable bonds is 3. The van der Waals surface area contributed by atoms with E-state index in [-0.39, 0.29) is 30.6 Å². The first-order chi connectivity index (χ1) is 15.9. The van der Waals surface area contributed by atoms with E-state index in [0.29, 0.717) is 23.3 Å². The number of imidazole rings is 1. The van der Waals surface area contributed by atoms with E-state index >= 15 is 0 Å². The molecule has 3 amide bonds. The number of hydrogen-bond donors (Lipinski definition) is 2. The molecule has 4 rings (SSSR count). The molecule has 1 aliphatic rings. The molecular weight excluding hydrogens is 472 g/mol. The normalized spacial score (nSPS) is 19.2. The topological polar surface area (TPSA) is 96.6 Å². The summed E-state index contributed by atoms with van der Waals surface area (Å²) in [6, 6.07) is -0.857. The Labute approximate surface area is 187 Å². The van der Waals surface area contributed by atoms with Gasteiger partial charge in [0.1, 0.15) is 6.54 Å². The fourth-order valence-electron chi connectivity index (χ4n) is 4.25. The maximum absolute atomic E-state index is 12.6. The predicted molar refractivity (Wildman–Crippen MR) is 106 cm³/mol. The van der Waals surface area contributed by atoms with Crippen LogP contribution in [0.4, 0.5) is 35.9 Å². The predicted octanol–water partition coefficient (Wildman–Crippen LogP) is 3.46. The van der Waals surface area contributed by atoms with Gasteiger partial charge >= 0.3 is 24.5 Å². The van der Waals surface area contributed by atoms with Crippen molar-refractivity contribution in [3.63, 3.8) is 0 Å². The van der Waals surface area contributed by atoms with E-state index in [4.69, 9.17) is 0 Å². The number of likely N-dealkylation sites (tertiary alicyclic amines) is 1. The van der Waals surface area contributed by atoms with Gasteiger partial charge in [-0.05, 0) is 12.0 Å². The van der Waals surface area contributed by atoms with E-state index in [1.54, 1.807) is 4.40 Å². The van der Waals surface area contributed by atoms with Crippen LogP contribution in [0, 0.1) is 5.92 Å². The summed E-state index contributed by atoms with van der Waals surface area (Å²) in [7, 11) is 0. The molecule has 3 aromatic heterocycles. The van der Waals surface area contributed by atoms with Crippen LogP contribution in [0.2, 0.25) is 0 Å². The average molecular weight is 491 g/mol. The molecule has 0 aliphatic carbocycles. The van der Waals surface area contributed by atoms with Crippen molar-refractivity contribution in [3.05, 3.63) is 30.4 Å². The summed E-state index contributed by atoms with van der Waals surface area (Å²) in [5, 5.41) is 2.78. The van der Waals surface area contributed by atoms with Crippen LogP contribution in [0.5, 0.6) is 0 Å². The summed E-state index contributed by atoms with van der Waals surface area (Å²) in [4.78, 5) is 33.9. The Bertz CT molecular complexity index is 1230. The van der Waals surface area contributed by atoms with E-state index in [1.165, 1.54) is 23.4 Å². The number of amides is 3. The zero-order chi connectivity index (χ0) is 24.8. The number of carbonyl (C=O) groups is 2. The lowest BCUT2D eigenvalue weighted by Crippen LogP contribution is -2.42. The van der Waals surface area contributed by atoms with E-state index < -0.39 is 31.1 Å². The lowest BCUT2D eigenvalue weighted by Gasteiger charge is -2.18. The van der Waals surface area contributed by atoms with Crippen LogP contribution in [-0.4, -0.2) is 68.0 Å². The monoisotopic (exact) mass is 491 g/mol. The number of alkyl halides is 6. The number of carbonyl (C=O) groups excluding carboxylic acids is 2. The second kappa shape index (κ2) is 8.36. The molecule has 2 N–H and O–H groups in total. The highest BCUT2D eigenvalue weighted by Crippen LogP contribution is 2.36. The number of aromatic nitrogens is 4. The Kier molecular flexibility index (Phi) is 5.81. The van der Waals surface area contributed by atoms with Gasteiger partial charge in [0, 0.05) is 37.1 Å². The first kappa shape index (κ1) is 23.6. The maximum Gasteiger partial charge on any atom is 0.485 e. The summed E-state index contributed by atoms with van der Waals surface area (Å²) in [6.07, 6.45) is -4.87. The molecule has 0 aromatic carbocycles. The number of nitrogens with zero attached hydrogens (tertiary/aromatic N) is 5. The quantitative estimate of drug-likeness (QED) is 0.433. The van der Waals surface area contributed by atoms with Crippen LogP contribution in [0.1, 0.15) is 25.0 Å². The molecule has 2 atom stereocenters. The molecule has 184 valence electrons. The van der Waals surface area contributed by atoms with Crippen molar-refractivity contribution in [2.24, 2.45) is 5.92 Å². The van der Waals surface area contributed by atoms with Gasteiger partial charge in [0.2, 0.25) is 0 Å². The lowest BCUT2D eigenvalue weighted by molar-refractivity contribution is -0.145. The Morgan fingerprint density at radius 3 is 2.47 bits per heavy atom. The number of nitrogens with one attached hydrogen (secondary N) is 2. The summed E-state index contributed by atoms with van der Waals surface area (Å²) in [5.41, 5.74) is 1.25. The van der Waals surface area contributed by atoms with E-state index in [1.807, 2.05) is 12.2 Å². The van der Waals surface area contributed by atoms with E-state index in [0.717, 1.165) is 16.1 Å². The smallest absolute Gasteiger partial charge is 0.329 e. The van der Waals surface area contributed by atoms with Gasteiger partial charge in [-0.25, -0.2) is 24.9 Å². The first-order valence-electron chi connectivity index (χ1n) is 10.2. The third kappa shape index (κ3) is 4.59. The molecule has 34 heavy (non-hydrogen) atoms. The highest BCUT2D eigenvalue weighted by molar-refractivity contribution is 5.89. The van der Waals surface area contributed by atoms with Gasteiger partial charge in [0.05, 0.1) is 11.7 Å². The van der Waals surface area contributed by atoms with Crippen LogP contribution < -0.4 is 10.6 Å². The van der Waals surface area contributed by atoms with Crippen molar-refractivity contribution < 1.29 is 35.9 Å². The number of halogens is 6. The van der Waals surface area contributed by atoms with E-state index in [2.05, 4.69) is 9.97 Å². The third-order valence-corrected chi connectivity index (χ3v) is 5.74. The van der Waals surface area contributed by atoms with Crippen LogP contribution in [0.3, 0.4) is 0 Å². The van der Waals surface area contributed by atoms with Gasteiger partial charge in [-0.1, -0.05) is 13.3 Å². The minimum Gasteiger partial charge on any atom is -0.329 e. The minimum atomic E-state index is -4.92. The van der Waals surface area contributed by atoms with Gasteiger partial charge < -0.3 is 10.2 Å². The molecule has 0 spiro atoms. The summed E-state index contributed by atoms with van der Waals surface area (Å²) in [5.74, 6) is -0.412. The fourth-order valence-corrected chi connectivity index (χ4v) is 4.25. The molecule has 0 bridgehead atoms. The van der Waals surface area contributed by atoms with Crippen molar-refractivity contribution >= 4 is 28.9 Å². The molecule has 1 aliphatic heterocycles. The molecule has 1 saturated heterocycles. The molecule has 0 unspecified atom stereocenters. The highest BCUT2D eigenvalue weighted by Gasteiger charge is 2.38. The van der Waals surface area contributed by atoms with Gasteiger partial charge in [0.15, 0.2) is 11.3 Å². The summed E-state index contributed by atoms with van der Waals surface area (Å²) < 4.78 is 77.6. The van der Waals surface area contributed by atoms with Crippen molar-refractivity contribution in [2.45, 2.75) is 31.7 Å². The van der Waals surface area contributed by atoms with Crippen molar-refractivity contribution in [2.75, 3.05) is 19.6 Å². The van der Waals surface area contributed by atoms with E-state index in [9.17, 15) is 35.9 Å². The molecule has 3 aromatic rings. The zero-order valence-corrected chi connectivity index (χ0v) is 17.6. The SMILES string of the molecule is CC[C@@H]1CN(C(=O)NCC(F)(F)F)C[C@@H]1c1cnc2cnc3c(ccn3C(=O)NC(F)(F)F)n12. The first-order valence-corrected chi connectivity index (χ1v) is 10.2. The maximum atomic E-state index is 12.6. The highest BCUT2D eigenvalue weighted by atomic mass is 19.4. The Morgan fingerprint density at radius 1 is 1.09 bits per heavy atom. The molecule has 0 radical (unpaired) electrons. The van der Waals surface area contributed by atoms with Gasteiger partial charge in [-0.15, -0.1) is 0 Å². The Hall–Kier alpha value is -3.52. The van der Waals surface area contributed by atoms with Crippen LogP contribution in [-0.2, 0) is 0 Å². The average Bonchev–Trinajstić information content (AvgIpc) is 3.44. The van der Waals surface area contributed by atoms with Crippen molar-refractivity contribution in [3.8, 4) is 0 Å². The number of hydrogen-bond acceptors (Lipinski definition) is 4. The Balaban J connectivity index is 1.67. The van der Waals surface area contributed by atoms with Crippen molar-refractivity contribution in [1.29, 1.82) is 0 Å². The summed E-state index contributed by atoms with van der Waals surface area (Å²) >= 11 is 0. The fraction of sp³-hybridized carbons (Fsp3) is 0.474. The number of fused-ring (bicyclic) bond motifs is 3. The zero-order valence-electron chi connectivity index (χ0n) is 17.6. The second-order valence-electron chi connectivity index (χ2n) is 7.91. The molecule has 1 fully saturated rings. The lowest BCUT2D eigenvalue weighted by atomic mass is 9.91. The van der Waals surface area contributed by atoms with Crippen LogP contribution in [0.15, 0.2) is 24.7 Å². The minimum absolute atomic E-state index is 0.0423. The second-order valence-corrected chi connectivity index (χ2v) is 7.91. The standard InChI is InChI=1S/C19H19F6N7O2/c1-2-10-7-30(16(33)28-9-18(20,21)22)8-11(10)13-5-26-14-6-27-15-12(32(13)14)3-4-31(15)17(34)29-19(23,24)25/h3-6,10-11H,2,7-9H2,1H3,(H,28,33)(H,29,34)/t10-,11+/m1/s1. The Morgan fingerprint density at radius 2 is 1.82 bits per heavy atom. The van der Waals surface area contributed by atoms with Crippen LogP contribution in [0.25, 0.3) is 16.8 Å². The molecule has 4 heterocycles. The van der Waals surface area contributed by atoms with Gasteiger partial charge in [-0.2, -0.15) is 26.3 Å². The molecular formula is C19H19F6N7O2. The molecule has 0 saturated carbocycles. The summed E-state index contributed by atoms with van der Waals surface area (Å²) in [6.45, 7) is 0.780. The third-order valence-electron chi connectivity index (χ3n) is 5.74. The largest absolute Gasteiger partial charge is 0.485 e.